The van der Waals surface area contributed by atoms with Crippen molar-refractivity contribution in [2.45, 2.75) is 44.2 Å². The highest BCUT2D eigenvalue weighted by molar-refractivity contribution is 9.10. The third kappa shape index (κ3) is 2.53. The van der Waals surface area contributed by atoms with Gasteiger partial charge in [0.25, 0.3) is 0 Å². The lowest BCUT2D eigenvalue weighted by molar-refractivity contribution is 0.604. The van der Waals surface area contributed by atoms with Crippen molar-refractivity contribution in [1.29, 1.82) is 0 Å². The van der Waals surface area contributed by atoms with Gasteiger partial charge in [-0.25, -0.2) is 4.98 Å². The molecule has 1 unspecified atom stereocenters. The number of aryl methyl sites for hydroxylation is 2. The van der Waals surface area contributed by atoms with E-state index in [-0.39, 0.29) is 0 Å². The number of thiophene rings is 1. The van der Waals surface area contributed by atoms with E-state index in [1.807, 2.05) is 22.7 Å². The molecule has 19 heavy (non-hydrogen) atoms. The number of hydrogen-bond donors (Lipinski definition) is 1. The van der Waals surface area contributed by atoms with Gasteiger partial charge >= 0.3 is 0 Å². The van der Waals surface area contributed by atoms with Crippen molar-refractivity contribution in [3.8, 4) is 0 Å². The van der Waals surface area contributed by atoms with Crippen LogP contribution in [0.2, 0.25) is 0 Å². The van der Waals surface area contributed by atoms with Crippen molar-refractivity contribution in [2.24, 2.45) is 0 Å². The van der Waals surface area contributed by atoms with Gasteiger partial charge in [-0.15, -0.1) is 22.7 Å². The van der Waals surface area contributed by atoms with Crippen LogP contribution in [0.15, 0.2) is 15.9 Å². The molecule has 0 amide bonds. The van der Waals surface area contributed by atoms with Gasteiger partial charge < -0.3 is 5.32 Å². The van der Waals surface area contributed by atoms with E-state index in [2.05, 4.69) is 32.7 Å². The Labute approximate surface area is 129 Å². The largest absolute Gasteiger partial charge is 0.301 e. The Morgan fingerprint density at radius 1 is 1.37 bits per heavy atom. The normalized spacial score (nSPS) is 19.6. The number of halogens is 1. The Bertz CT molecular complexity index is 579. The van der Waals surface area contributed by atoms with Gasteiger partial charge in [-0.05, 0) is 54.1 Å². The van der Waals surface area contributed by atoms with Gasteiger partial charge in [0.15, 0.2) is 0 Å². The number of hydrogen-bond acceptors (Lipinski definition) is 4. The van der Waals surface area contributed by atoms with Crippen molar-refractivity contribution >= 4 is 38.6 Å². The van der Waals surface area contributed by atoms with Crippen LogP contribution in [0.1, 0.15) is 45.8 Å². The van der Waals surface area contributed by atoms with Crippen molar-refractivity contribution in [3.63, 3.8) is 0 Å². The van der Waals surface area contributed by atoms with E-state index in [1.165, 1.54) is 57.0 Å². The molecule has 2 aromatic rings. The molecular weight excluding hydrogens is 340 g/mol. The summed E-state index contributed by atoms with van der Waals surface area (Å²) in [4.78, 5) is 7.81. The van der Waals surface area contributed by atoms with Gasteiger partial charge in [-0.2, -0.15) is 0 Å². The number of nitrogens with one attached hydrogen (secondary N) is 1. The monoisotopic (exact) mass is 354 g/mol. The highest BCUT2D eigenvalue weighted by atomic mass is 79.9. The first kappa shape index (κ1) is 12.5. The fourth-order valence-corrected chi connectivity index (χ4v) is 5.39. The van der Waals surface area contributed by atoms with Crippen LogP contribution in [0.25, 0.3) is 0 Å². The van der Waals surface area contributed by atoms with Gasteiger partial charge in [0.1, 0.15) is 5.01 Å². The smallest absolute Gasteiger partial charge is 0.116 e. The van der Waals surface area contributed by atoms with Crippen molar-refractivity contribution in [2.75, 3.05) is 0 Å². The first-order chi connectivity index (χ1) is 9.29. The third-order valence-electron chi connectivity index (χ3n) is 3.71. The molecule has 0 radical (unpaired) electrons. The van der Waals surface area contributed by atoms with Crippen LogP contribution in [-0.4, -0.2) is 11.0 Å². The third-order valence-corrected chi connectivity index (χ3v) is 6.69. The molecule has 100 valence electrons. The van der Waals surface area contributed by atoms with Crippen molar-refractivity contribution in [3.05, 3.63) is 36.4 Å². The van der Waals surface area contributed by atoms with E-state index >= 15 is 0 Å². The van der Waals surface area contributed by atoms with Gasteiger partial charge in [0.2, 0.25) is 0 Å². The molecule has 2 nitrogen and oxygen atoms in total. The van der Waals surface area contributed by atoms with E-state index in [4.69, 9.17) is 4.98 Å². The van der Waals surface area contributed by atoms with Gasteiger partial charge in [0, 0.05) is 25.6 Å². The standard InChI is InChI=1S/C14H15BrN2S2/c15-8-6-12(18-7-8)13(16-9-4-5-9)14-17-10-2-1-3-11(10)19-14/h6-7,9,13,16H,1-5H2. The van der Waals surface area contributed by atoms with E-state index in [0.717, 1.165) is 0 Å². The molecule has 0 aromatic carbocycles. The minimum absolute atomic E-state index is 0.305. The van der Waals surface area contributed by atoms with Gasteiger partial charge in [-0.3, -0.25) is 0 Å². The van der Waals surface area contributed by atoms with E-state index in [9.17, 15) is 0 Å². The van der Waals surface area contributed by atoms with Crippen molar-refractivity contribution in [1.82, 2.24) is 10.3 Å². The quantitative estimate of drug-likeness (QED) is 0.885. The molecule has 1 fully saturated rings. The second-order valence-electron chi connectivity index (χ2n) is 5.32. The molecule has 4 rings (SSSR count). The molecule has 0 saturated heterocycles. The van der Waals surface area contributed by atoms with E-state index in [1.54, 1.807) is 0 Å². The predicted octanol–water partition coefficient (Wildman–Crippen LogP) is 4.30. The molecule has 2 aliphatic carbocycles. The van der Waals surface area contributed by atoms with Gasteiger partial charge in [0.05, 0.1) is 11.7 Å². The lowest BCUT2D eigenvalue weighted by atomic mass is 10.2. The second kappa shape index (κ2) is 4.95. The van der Waals surface area contributed by atoms with E-state index < -0.39 is 0 Å². The SMILES string of the molecule is Brc1csc(C(NC2CC2)c2nc3c(s2)CCC3)c1. The van der Waals surface area contributed by atoms with Gasteiger partial charge in [-0.1, -0.05) is 0 Å². The van der Waals surface area contributed by atoms with Crippen LogP contribution in [-0.2, 0) is 12.8 Å². The zero-order valence-electron chi connectivity index (χ0n) is 10.5. The fourth-order valence-electron chi connectivity index (χ4n) is 2.57. The van der Waals surface area contributed by atoms with Crippen LogP contribution < -0.4 is 5.32 Å². The second-order valence-corrected chi connectivity index (χ2v) is 8.29. The Morgan fingerprint density at radius 2 is 2.26 bits per heavy atom. The summed E-state index contributed by atoms with van der Waals surface area (Å²) in [5, 5.41) is 7.20. The highest BCUT2D eigenvalue weighted by Crippen LogP contribution is 2.37. The zero-order chi connectivity index (χ0) is 12.8. The fraction of sp³-hybridized carbons (Fsp3) is 0.500. The van der Waals surface area contributed by atoms with Crippen LogP contribution in [0.3, 0.4) is 0 Å². The number of rotatable bonds is 4. The lowest BCUT2D eigenvalue weighted by Crippen LogP contribution is -2.23. The number of nitrogens with zero attached hydrogens (tertiary/aromatic N) is 1. The Morgan fingerprint density at radius 3 is 2.95 bits per heavy atom. The average molecular weight is 355 g/mol. The molecule has 0 aliphatic heterocycles. The summed E-state index contributed by atoms with van der Waals surface area (Å²) in [5.74, 6) is 0. The Balaban J connectivity index is 1.68. The van der Waals surface area contributed by atoms with Crippen LogP contribution >= 0.6 is 38.6 Å². The number of fused-ring (bicyclic) bond motifs is 1. The average Bonchev–Trinajstić information content (AvgIpc) is 2.78. The molecule has 1 N–H and O–H groups in total. The summed E-state index contributed by atoms with van der Waals surface area (Å²) in [6.07, 6.45) is 6.33. The zero-order valence-corrected chi connectivity index (χ0v) is 13.7. The maximum absolute atomic E-state index is 4.90. The van der Waals surface area contributed by atoms with Crippen molar-refractivity contribution < 1.29 is 0 Å². The number of thiazole rings is 1. The molecular formula is C14H15BrN2S2. The lowest BCUT2D eigenvalue weighted by Gasteiger charge is -2.14. The van der Waals surface area contributed by atoms with E-state index in [0.29, 0.717) is 12.1 Å². The molecule has 2 aliphatic rings. The maximum Gasteiger partial charge on any atom is 0.116 e. The molecule has 5 heteroatoms. The summed E-state index contributed by atoms with van der Waals surface area (Å²) in [7, 11) is 0. The molecule has 0 spiro atoms. The summed E-state index contributed by atoms with van der Waals surface area (Å²) in [6.45, 7) is 0. The molecule has 2 aromatic heterocycles. The van der Waals surface area contributed by atoms with Crippen LogP contribution in [0, 0.1) is 0 Å². The predicted molar refractivity (Wildman–Crippen MR) is 84.2 cm³/mol. The minimum Gasteiger partial charge on any atom is -0.301 e. The first-order valence-corrected chi connectivity index (χ1v) is 9.27. The summed E-state index contributed by atoms with van der Waals surface area (Å²) < 4.78 is 1.18. The Hall–Kier alpha value is -0.230. The number of aromatic nitrogens is 1. The maximum atomic E-state index is 4.90. The molecule has 2 heterocycles. The summed E-state index contributed by atoms with van der Waals surface area (Å²) >= 11 is 7.31. The van der Waals surface area contributed by atoms with Crippen LogP contribution in [0.5, 0.6) is 0 Å². The summed E-state index contributed by atoms with van der Waals surface area (Å²) in [6, 6.07) is 3.24. The highest BCUT2D eigenvalue weighted by Gasteiger charge is 2.30. The minimum atomic E-state index is 0.305. The van der Waals surface area contributed by atoms with Crippen LogP contribution in [0.4, 0.5) is 0 Å². The summed E-state index contributed by atoms with van der Waals surface area (Å²) in [5.41, 5.74) is 1.36. The Kier molecular flexibility index (Phi) is 3.26. The molecule has 0 bridgehead atoms. The molecule has 1 atom stereocenters. The molecule has 1 saturated carbocycles. The topological polar surface area (TPSA) is 24.9 Å². The first-order valence-electron chi connectivity index (χ1n) is 6.78.